The fourth-order valence-electron chi connectivity index (χ4n) is 1.77. The van der Waals surface area contributed by atoms with Gasteiger partial charge in [0.1, 0.15) is 6.04 Å². The molecule has 1 atom stereocenters. The molecule has 2 amide bonds. The highest BCUT2D eigenvalue weighted by atomic mass is 16.2. The van der Waals surface area contributed by atoms with Crippen LogP contribution < -0.4 is 10.6 Å². The standard InChI is InChI=1S/C15H22N2O2/c1-11(18)17-13(15(2,3)4)14(19)16-10-12-8-6-5-7-9-12/h5-9,13H,10H2,1-4H3,(H,16,19)(H,17,18)/t13-/m0/s1. The van der Waals surface area contributed by atoms with Gasteiger partial charge in [-0.25, -0.2) is 0 Å². The van der Waals surface area contributed by atoms with Crippen LogP contribution in [0, 0.1) is 5.41 Å². The van der Waals surface area contributed by atoms with Crippen LogP contribution >= 0.6 is 0 Å². The minimum absolute atomic E-state index is 0.161. The highest BCUT2D eigenvalue weighted by Crippen LogP contribution is 2.19. The number of hydrogen-bond acceptors (Lipinski definition) is 2. The minimum atomic E-state index is -0.534. The normalized spacial score (nSPS) is 12.6. The molecule has 2 N–H and O–H groups in total. The first-order chi connectivity index (χ1) is 8.80. The van der Waals surface area contributed by atoms with Gasteiger partial charge < -0.3 is 10.6 Å². The fraction of sp³-hybridized carbons (Fsp3) is 0.467. The Morgan fingerprint density at radius 3 is 2.21 bits per heavy atom. The quantitative estimate of drug-likeness (QED) is 0.870. The van der Waals surface area contributed by atoms with Gasteiger partial charge in [-0.15, -0.1) is 0 Å². The van der Waals surface area contributed by atoms with Crippen LogP contribution in [0.25, 0.3) is 0 Å². The van der Waals surface area contributed by atoms with Crippen LogP contribution in [0.1, 0.15) is 33.3 Å². The molecule has 0 saturated heterocycles. The molecule has 19 heavy (non-hydrogen) atoms. The van der Waals surface area contributed by atoms with Crippen LogP contribution in [-0.2, 0) is 16.1 Å². The molecule has 0 aliphatic carbocycles. The van der Waals surface area contributed by atoms with E-state index in [-0.39, 0.29) is 17.2 Å². The molecular weight excluding hydrogens is 240 g/mol. The molecule has 0 unspecified atom stereocenters. The van der Waals surface area contributed by atoms with Crippen LogP contribution in [0.3, 0.4) is 0 Å². The summed E-state index contributed by atoms with van der Waals surface area (Å²) >= 11 is 0. The SMILES string of the molecule is CC(=O)N[C@@H](C(=O)NCc1ccccc1)C(C)(C)C. The van der Waals surface area contributed by atoms with Crippen molar-refractivity contribution < 1.29 is 9.59 Å². The molecule has 0 saturated carbocycles. The minimum Gasteiger partial charge on any atom is -0.350 e. The lowest BCUT2D eigenvalue weighted by atomic mass is 9.86. The van der Waals surface area contributed by atoms with E-state index in [1.165, 1.54) is 6.92 Å². The molecule has 0 radical (unpaired) electrons. The van der Waals surface area contributed by atoms with E-state index in [2.05, 4.69) is 10.6 Å². The zero-order valence-corrected chi connectivity index (χ0v) is 12.0. The monoisotopic (exact) mass is 262 g/mol. The van der Waals surface area contributed by atoms with Gasteiger partial charge in [0.15, 0.2) is 0 Å². The largest absolute Gasteiger partial charge is 0.350 e. The van der Waals surface area contributed by atoms with E-state index in [1.54, 1.807) is 0 Å². The van der Waals surface area contributed by atoms with Gasteiger partial charge in [-0.2, -0.15) is 0 Å². The Hall–Kier alpha value is -1.84. The molecule has 4 nitrogen and oxygen atoms in total. The van der Waals surface area contributed by atoms with Gasteiger partial charge in [-0.3, -0.25) is 9.59 Å². The van der Waals surface area contributed by atoms with Gasteiger partial charge in [-0.05, 0) is 11.0 Å². The molecule has 0 aromatic heterocycles. The average molecular weight is 262 g/mol. The zero-order valence-electron chi connectivity index (χ0n) is 12.0. The zero-order chi connectivity index (χ0) is 14.5. The molecule has 0 spiro atoms. The molecule has 104 valence electrons. The summed E-state index contributed by atoms with van der Waals surface area (Å²) in [5.74, 6) is -0.360. The lowest BCUT2D eigenvalue weighted by Gasteiger charge is -2.30. The van der Waals surface area contributed by atoms with E-state index >= 15 is 0 Å². The van der Waals surface area contributed by atoms with Gasteiger partial charge in [0.05, 0.1) is 0 Å². The van der Waals surface area contributed by atoms with Crippen LogP contribution in [-0.4, -0.2) is 17.9 Å². The second-order valence-corrected chi connectivity index (χ2v) is 5.70. The number of hydrogen-bond donors (Lipinski definition) is 2. The molecule has 0 heterocycles. The first-order valence-corrected chi connectivity index (χ1v) is 6.39. The van der Waals surface area contributed by atoms with E-state index in [0.29, 0.717) is 6.54 Å². The van der Waals surface area contributed by atoms with Crippen molar-refractivity contribution in [2.75, 3.05) is 0 Å². The van der Waals surface area contributed by atoms with Crippen molar-refractivity contribution in [2.45, 2.75) is 40.3 Å². The van der Waals surface area contributed by atoms with Crippen molar-refractivity contribution in [2.24, 2.45) is 5.41 Å². The van der Waals surface area contributed by atoms with Gasteiger partial charge >= 0.3 is 0 Å². The van der Waals surface area contributed by atoms with Crippen molar-refractivity contribution in [3.8, 4) is 0 Å². The summed E-state index contributed by atoms with van der Waals surface area (Å²) in [6, 6.07) is 9.15. The van der Waals surface area contributed by atoms with Crippen molar-refractivity contribution in [3.63, 3.8) is 0 Å². The molecule has 1 aromatic rings. The average Bonchev–Trinajstić information content (AvgIpc) is 2.33. The molecular formula is C15H22N2O2. The maximum atomic E-state index is 12.2. The predicted molar refractivity (Wildman–Crippen MR) is 75.3 cm³/mol. The summed E-state index contributed by atoms with van der Waals surface area (Å²) in [5.41, 5.74) is 0.707. The second kappa shape index (κ2) is 6.36. The molecule has 0 fully saturated rings. The fourth-order valence-corrected chi connectivity index (χ4v) is 1.77. The van der Waals surface area contributed by atoms with Crippen LogP contribution in [0.4, 0.5) is 0 Å². The Morgan fingerprint density at radius 2 is 1.74 bits per heavy atom. The van der Waals surface area contributed by atoms with Crippen LogP contribution in [0.2, 0.25) is 0 Å². The van der Waals surface area contributed by atoms with Crippen LogP contribution in [0.15, 0.2) is 30.3 Å². The maximum Gasteiger partial charge on any atom is 0.243 e. The number of carbonyl (C=O) groups excluding carboxylic acids is 2. The molecule has 0 bridgehead atoms. The number of benzene rings is 1. The summed E-state index contributed by atoms with van der Waals surface area (Å²) in [6.45, 7) is 7.66. The van der Waals surface area contributed by atoms with E-state index < -0.39 is 6.04 Å². The Bertz CT molecular complexity index is 435. The van der Waals surface area contributed by atoms with E-state index in [4.69, 9.17) is 0 Å². The molecule has 1 aromatic carbocycles. The number of nitrogens with one attached hydrogen (secondary N) is 2. The van der Waals surface area contributed by atoms with Crippen LogP contribution in [0.5, 0.6) is 0 Å². The smallest absolute Gasteiger partial charge is 0.243 e. The molecule has 1 rings (SSSR count). The highest BCUT2D eigenvalue weighted by molar-refractivity contribution is 5.87. The van der Waals surface area contributed by atoms with Crippen molar-refractivity contribution >= 4 is 11.8 Å². The van der Waals surface area contributed by atoms with Crippen molar-refractivity contribution in [1.29, 1.82) is 0 Å². The summed E-state index contributed by atoms with van der Waals surface area (Å²) in [5, 5.41) is 5.56. The van der Waals surface area contributed by atoms with Crippen molar-refractivity contribution in [3.05, 3.63) is 35.9 Å². The summed E-state index contributed by atoms with van der Waals surface area (Å²) in [4.78, 5) is 23.4. The first kappa shape index (κ1) is 15.2. The Labute approximate surface area is 114 Å². The summed E-state index contributed by atoms with van der Waals surface area (Å²) < 4.78 is 0. The van der Waals surface area contributed by atoms with E-state index in [0.717, 1.165) is 5.56 Å². The third-order valence-electron chi connectivity index (χ3n) is 2.79. The Kier molecular flexibility index (Phi) is 5.10. The van der Waals surface area contributed by atoms with E-state index in [9.17, 15) is 9.59 Å². The second-order valence-electron chi connectivity index (χ2n) is 5.70. The summed E-state index contributed by atoms with van der Waals surface area (Å²) in [7, 11) is 0. The predicted octanol–water partition coefficient (Wildman–Crippen LogP) is 1.85. The Morgan fingerprint density at radius 1 is 1.16 bits per heavy atom. The lowest BCUT2D eigenvalue weighted by molar-refractivity contribution is -0.130. The molecule has 4 heteroatoms. The number of amides is 2. The topological polar surface area (TPSA) is 58.2 Å². The van der Waals surface area contributed by atoms with Gasteiger partial charge in [0.25, 0.3) is 0 Å². The summed E-state index contributed by atoms with van der Waals surface area (Å²) in [6.07, 6.45) is 0. The van der Waals surface area contributed by atoms with E-state index in [1.807, 2.05) is 51.1 Å². The number of carbonyl (C=O) groups is 2. The highest BCUT2D eigenvalue weighted by Gasteiger charge is 2.31. The van der Waals surface area contributed by atoms with Gasteiger partial charge in [0.2, 0.25) is 11.8 Å². The first-order valence-electron chi connectivity index (χ1n) is 6.39. The van der Waals surface area contributed by atoms with Crippen molar-refractivity contribution in [1.82, 2.24) is 10.6 Å². The molecule has 0 aliphatic heterocycles. The van der Waals surface area contributed by atoms with Gasteiger partial charge in [-0.1, -0.05) is 51.1 Å². The maximum absolute atomic E-state index is 12.2. The Balaban J connectivity index is 2.65. The number of rotatable bonds is 4. The van der Waals surface area contributed by atoms with Gasteiger partial charge in [0, 0.05) is 13.5 Å². The third kappa shape index (κ3) is 5.12. The third-order valence-corrected chi connectivity index (χ3v) is 2.79. The lowest BCUT2D eigenvalue weighted by Crippen LogP contribution is -2.52. The molecule has 0 aliphatic rings.